The second kappa shape index (κ2) is 8.25. The lowest BCUT2D eigenvalue weighted by Gasteiger charge is -2.35. The molecule has 1 aromatic rings. The Labute approximate surface area is 185 Å². The molecule has 0 saturated heterocycles. The lowest BCUT2D eigenvalue weighted by atomic mass is 9.69. The van der Waals surface area contributed by atoms with E-state index in [1.165, 1.54) is 12.0 Å². The van der Waals surface area contributed by atoms with Gasteiger partial charge in [0, 0.05) is 17.4 Å². The first-order chi connectivity index (χ1) is 14.5. The second-order valence-electron chi connectivity index (χ2n) is 11.5. The molecule has 1 unspecified atom stereocenters. The van der Waals surface area contributed by atoms with Crippen LogP contribution in [0.2, 0.25) is 0 Å². The van der Waals surface area contributed by atoms with E-state index in [2.05, 4.69) is 19.0 Å². The normalized spacial score (nSPS) is 31.0. The summed E-state index contributed by atoms with van der Waals surface area (Å²) in [6.45, 7) is 10.1. The molecule has 3 aliphatic rings. The molecule has 31 heavy (non-hydrogen) atoms. The largest absolute Gasteiger partial charge is 0.481 e. The average Bonchev–Trinajstić information content (AvgIpc) is 3.20. The Balaban J connectivity index is 1.59. The van der Waals surface area contributed by atoms with Gasteiger partial charge in [-0.3, -0.25) is 9.59 Å². The van der Waals surface area contributed by atoms with Gasteiger partial charge in [-0.05, 0) is 83.5 Å². The average molecular weight is 432 g/mol. The maximum atomic E-state index is 13.0. The molecule has 3 saturated carbocycles. The summed E-state index contributed by atoms with van der Waals surface area (Å²) in [6, 6.07) is 0. The van der Waals surface area contributed by atoms with Gasteiger partial charge in [0.25, 0.3) is 0 Å². The van der Waals surface area contributed by atoms with Crippen molar-refractivity contribution in [2.24, 2.45) is 23.7 Å². The van der Waals surface area contributed by atoms with Crippen LogP contribution in [0.25, 0.3) is 0 Å². The number of carbonyl (C=O) groups is 2. The number of carboxylic acids is 1. The summed E-state index contributed by atoms with van der Waals surface area (Å²) in [5.74, 6) is 0.912. The van der Waals surface area contributed by atoms with Gasteiger partial charge in [0.1, 0.15) is 11.4 Å². The Kier molecular flexibility index (Phi) is 5.95. The molecule has 172 valence electrons. The van der Waals surface area contributed by atoms with Gasteiger partial charge in [0.2, 0.25) is 0 Å². The Morgan fingerprint density at radius 2 is 1.81 bits per heavy atom. The molecule has 4 rings (SSSR count). The highest BCUT2D eigenvalue weighted by atomic mass is 16.6. The van der Waals surface area contributed by atoms with Crippen LogP contribution in [0.3, 0.4) is 0 Å². The number of esters is 1. The van der Waals surface area contributed by atoms with Crippen LogP contribution in [0, 0.1) is 23.7 Å². The molecular weight excluding hydrogens is 394 g/mol. The van der Waals surface area contributed by atoms with E-state index in [0.717, 1.165) is 43.1 Å². The van der Waals surface area contributed by atoms with Gasteiger partial charge < -0.3 is 14.4 Å². The van der Waals surface area contributed by atoms with Crippen molar-refractivity contribution in [2.45, 2.75) is 103 Å². The van der Waals surface area contributed by atoms with Gasteiger partial charge in [-0.1, -0.05) is 19.0 Å². The first-order valence-corrected chi connectivity index (χ1v) is 12.0. The minimum atomic E-state index is -0.844. The van der Waals surface area contributed by atoms with E-state index in [4.69, 9.17) is 9.26 Å². The lowest BCUT2D eigenvalue weighted by molar-refractivity contribution is -0.160. The van der Waals surface area contributed by atoms with Gasteiger partial charge in [0.05, 0.1) is 17.5 Å². The maximum absolute atomic E-state index is 13.0. The SMILES string of the molecule is CC(C)CC1CC(c2onc([C@H]3CC(C(=O)O)C[C@@H]3C(=O)OC(C)(C)C)c2C2CC2)C1. The summed E-state index contributed by atoms with van der Waals surface area (Å²) in [4.78, 5) is 24.7. The molecule has 1 aromatic heterocycles. The summed E-state index contributed by atoms with van der Waals surface area (Å²) >= 11 is 0. The second-order valence-corrected chi connectivity index (χ2v) is 11.5. The van der Waals surface area contributed by atoms with Crippen molar-refractivity contribution in [3.05, 3.63) is 17.0 Å². The van der Waals surface area contributed by atoms with Crippen LogP contribution in [0.4, 0.5) is 0 Å². The number of aromatic nitrogens is 1. The molecule has 6 nitrogen and oxygen atoms in total. The van der Waals surface area contributed by atoms with Gasteiger partial charge in [0.15, 0.2) is 0 Å². The fourth-order valence-corrected chi connectivity index (χ4v) is 5.66. The van der Waals surface area contributed by atoms with E-state index in [1.807, 2.05) is 20.8 Å². The monoisotopic (exact) mass is 431 g/mol. The Morgan fingerprint density at radius 3 is 2.35 bits per heavy atom. The van der Waals surface area contributed by atoms with Crippen LogP contribution in [0.1, 0.15) is 114 Å². The van der Waals surface area contributed by atoms with E-state index >= 15 is 0 Å². The molecule has 1 N–H and O–H groups in total. The van der Waals surface area contributed by atoms with E-state index in [-0.39, 0.29) is 11.9 Å². The summed E-state index contributed by atoms with van der Waals surface area (Å²) in [6.07, 6.45) is 6.51. The highest BCUT2D eigenvalue weighted by Crippen LogP contribution is 2.55. The molecule has 0 radical (unpaired) electrons. The van der Waals surface area contributed by atoms with Crippen LogP contribution >= 0.6 is 0 Å². The molecule has 0 aliphatic heterocycles. The van der Waals surface area contributed by atoms with Crippen molar-refractivity contribution < 1.29 is 24.0 Å². The number of carboxylic acid groups (broad SMARTS) is 1. The summed E-state index contributed by atoms with van der Waals surface area (Å²) in [5, 5.41) is 14.1. The first-order valence-electron chi connectivity index (χ1n) is 12.0. The fraction of sp³-hybridized carbons (Fsp3) is 0.800. The van der Waals surface area contributed by atoms with E-state index in [0.29, 0.717) is 30.6 Å². The minimum Gasteiger partial charge on any atom is -0.481 e. The zero-order valence-electron chi connectivity index (χ0n) is 19.5. The maximum Gasteiger partial charge on any atom is 0.310 e. The van der Waals surface area contributed by atoms with Gasteiger partial charge >= 0.3 is 11.9 Å². The zero-order valence-corrected chi connectivity index (χ0v) is 19.5. The Bertz CT molecular complexity index is 825. The van der Waals surface area contributed by atoms with E-state index < -0.39 is 23.4 Å². The topological polar surface area (TPSA) is 89.6 Å². The van der Waals surface area contributed by atoms with Crippen LogP contribution in [0.5, 0.6) is 0 Å². The van der Waals surface area contributed by atoms with Crippen LogP contribution < -0.4 is 0 Å². The molecule has 3 aliphatic carbocycles. The molecule has 3 fully saturated rings. The zero-order chi connectivity index (χ0) is 22.5. The number of rotatable bonds is 7. The third kappa shape index (κ3) is 4.83. The molecule has 0 amide bonds. The van der Waals surface area contributed by atoms with Crippen molar-refractivity contribution >= 4 is 11.9 Å². The van der Waals surface area contributed by atoms with Crippen molar-refractivity contribution in [3.63, 3.8) is 0 Å². The van der Waals surface area contributed by atoms with Crippen molar-refractivity contribution in [3.8, 4) is 0 Å². The smallest absolute Gasteiger partial charge is 0.310 e. The lowest BCUT2D eigenvalue weighted by Crippen LogP contribution is -2.30. The number of aliphatic carboxylic acids is 1. The first kappa shape index (κ1) is 22.3. The van der Waals surface area contributed by atoms with Crippen LogP contribution in [-0.2, 0) is 14.3 Å². The number of nitrogens with zero attached hydrogens (tertiary/aromatic N) is 1. The number of hydrogen-bond donors (Lipinski definition) is 1. The van der Waals surface area contributed by atoms with E-state index in [9.17, 15) is 14.7 Å². The molecule has 0 spiro atoms. The van der Waals surface area contributed by atoms with Crippen molar-refractivity contribution in [2.75, 3.05) is 0 Å². The van der Waals surface area contributed by atoms with Crippen molar-refractivity contribution in [1.82, 2.24) is 5.16 Å². The number of hydrogen-bond acceptors (Lipinski definition) is 5. The summed E-state index contributed by atoms with van der Waals surface area (Å²) in [5.41, 5.74) is 1.43. The highest BCUT2D eigenvalue weighted by molar-refractivity contribution is 5.78. The molecular formula is C25H37NO5. The van der Waals surface area contributed by atoms with Gasteiger partial charge in [-0.2, -0.15) is 0 Å². The molecule has 1 heterocycles. The fourth-order valence-electron chi connectivity index (χ4n) is 5.66. The molecule has 0 bridgehead atoms. The third-order valence-corrected chi connectivity index (χ3v) is 7.15. The predicted octanol–water partition coefficient (Wildman–Crippen LogP) is 5.63. The number of carbonyl (C=O) groups excluding carboxylic acids is 1. The summed E-state index contributed by atoms with van der Waals surface area (Å²) in [7, 11) is 0. The Morgan fingerprint density at radius 1 is 1.13 bits per heavy atom. The molecule has 3 atom stereocenters. The predicted molar refractivity (Wildman–Crippen MR) is 116 cm³/mol. The molecule has 0 aromatic carbocycles. The summed E-state index contributed by atoms with van der Waals surface area (Å²) < 4.78 is 11.6. The minimum absolute atomic E-state index is 0.240. The molecule has 6 heteroatoms. The quantitative estimate of drug-likeness (QED) is 0.563. The van der Waals surface area contributed by atoms with Crippen LogP contribution in [-0.4, -0.2) is 27.8 Å². The van der Waals surface area contributed by atoms with Gasteiger partial charge in [-0.25, -0.2) is 0 Å². The van der Waals surface area contributed by atoms with Crippen LogP contribution in [0.15, 0.2) is 4.52 Å². The van der Waals surface area contributed by atoms with Gasteiger partial charge in [-0.15, -0.1) is 0 Å². The Hall–Kier alpha value is -1.85. The third-order valence-electron chi connectivity index (χ3n) is 7.15. The van der Waals surface area contributed by atoms with Crippen molar-refractivity contribution in [1.29, 1.82) is 0 Å². The van der Waals surface area contributed by atoms with E-state index in [1.54, 1.807) is 0 Å². The number of ether oxygens (including phenoxy) is 1. The highest BCUT2D eigenvalue weighted by Gasteiger charge is 2.49. The standard InChI is InChI=1S/C25H37NO5/c1-13(2)8-14-9-16(10-14)22-20(15-6-7-15)21(26-31-22)18-11-17(23(27)28)12-19(18)24(29)30-25(3,4)5/h13-19H,6-12H2,1-5H3,(H,27,28)/t14?,16?,17?,18-,19-/m0/s1.